The van der Waals surface area contributed by atoms with E-state index in [1.54, 1.807) is 0 Å². The van der Waals surface area contributed by atoms with Crippen molar-refractivity contribution in [3.8, 4) is 0 Å². The maximum atomic E-state index is 5.68. The zero-order chi connectivity index (χ0) is 11.4. The van der Waals surface area contributed by atoms with Gasteiger partial charge in [-0.25, -0.2) is 0 Å². The highest BCUT2D eigenvalue weighted by atomic mass is 15.2. The summed E-state index contributed by atoms with van der Waals surface area (Å²) < 4.78 is 0. The molecule has 0 radical (unpaired) electrons. The molecule has 3 heteroatoms. The molecule has 1 saturated carbocycles. The van der Waals surface area contributed by atoms with Gasteiger partial charge in [-0.2, -0.15) is 0 Å². The van der Waals surface area contributed by atoms with E-state index in [9.17, 15) is 0 Å². The van der Waals surface area contributed by atoms with Gasteiger partial charge >= 0.3 is 0 Å². The van der Waals surface area contributed by atoms with Gasteiger partial charge in [0.25, 0.3) is 0 Å². The number of rotatable bonds is 6. The van der Waals surface area contributed by atoms with Gasteiger partial charge < -0.3 is 16.0 Å². The van der Waals surface area contributed by atoms with Crippen molar-refractivity contribution >= 4 is 0 Å². The minimum absolute atomic E-state index is 0.703. The summed E-state index contributed by atoms with van der Waals surface area (Å²) in [4.78, 5) is 2.56. The number of hydrogen-bond acceptors (Lipinski definition) is 3. The van der Waals surface area contributed by atoms with Gasteiger partial charge in [0.2, 0.25) is 0 Å². The van der Waals surface area contributed by atoms with Crippen molar-refractivity contribution in [3.05, 3.63) is 0 Å². The van der Waals surface area contributed by atoms with Gasteiger partial charge in [0.15, 0.2) is 0 Å². The van der Waals surface area contributed by atoms with E-state index in [2.05, 4.69) is 17.1 Å². The van der Waals surface area contributed by atoms with Gasteiger partial charge in [0, 0.05) is 32.2 Å². The number of hydrogen-bond donors (Lipinski definition) is 2. The van der Waals surface area contributed by atoms with E-state index in [-0.39, 0.29) is 0 Å². The predicted molar refractivity (Wildman–Crippen MR) is 68.4 cm³/mol. The molecule has 2 rings (SSSR count). The van der Waals surface area contributed by atoms with Gasteiger partial charge in [-0.3, -0.25) is 0 Å². The SMILES string of the molecule is CCNC1CC(CC2CC2)CN(CCN)C1. The van der Waals surface area contributed by atoms with Crippen LogP contribution in [0.3, 0.4) is 0 Å². The van der Waals surface area contributed by atoms with Crippen LogP contribution in [0.25, 0.3) is 0 Å². The molecule has 2 atom stereocenters. The van der Waals surface area contributed by atoms with Crippen molar-refractivity contribution in [3.63, 3.8) is 0 Å². The quantitative estimate of drug-likeness (QED) is 0.710. The van der Waals surface area contributed by atoms with Crippen molar-refractivity contribution in [2.45, 2.75) is 38.6 Å². The first-order chi connectivity index (χ1) is 7.81. The number of nitrogens with zero attached hydrogens (tertiary/aromatic N) is 1. The second kappa shape index (κ2) is 5.99. The summed E-state index contributed by atoms with van der Waals surface area (Å²) in [6, 6.07) is 0.703. The maximum Gasteiger partial charge on any atom is 0.0198 e. The Hall–Kier alpha value is -0.120. The molecule has 1 heterocycles. The molecule has 2 aliphatic rings. The lowest BCUT2D eigenvalue weighted by Crippen LogP contribution is -2.50. The molecule has 1 saturated heterocycles. The molecule has 1 aliphatic heterocycles. The Kier molecular flexibility index (Phi) is 4.62. The highest BCUT2D eigenvalue weighted by molar-refractivity contribution is 4.87. The summed E-state index contributed by atoms with van der Waals surface area (Å²) in [7, 11) is 0. The van der Waals surface area contributed by atoms with Gasteiger partial charge in [0.1, 0.15) is 0 Å². The third-order valence-electron chi connectivity index (χ3n) is 3.91. The van der Waals surface area contributed by atoms with E-state index in [1.807, 2.05) is 0 Å². The highest BCUT2D eigenvalue weighted by Gasteiger charge is 2.31. The van der Waals surface area contributed by atoms with E-state index >= 15 is 0 Å². The lowest BCUT2D eigenvalue weighted by molar-refractivity contribution is 0.137. The third-order valence-corrected chi connectivity index (χ3v) is 3.91. The monoisotopic (exact) mass is 225 g/mol. The van der Waals surface area contributed by atoms with Crippen LogP contribution in [0, 0.1) is 11.8 Å². The fraction of sp³-hybridized carbons (Fsp3) is 1.00. The van der Waals surface area contributed by atoms with Crippen LogP contribution < -0.4 is 11.1 Å². The van der Waals surface area contributed by atoms with Crippen LogP contribution >= 0.6 is 0 Å². The largest absolute Gasteiger partial charge is 0.329 e. The van der Waals surface area contributed by atoms with E-state index in [0.717, 1.165) is 31.5 Å². The molecule has 16 heavy (non-hydrogen) atoms. The highest BCUT2D eigenvalue weighted by Crippen LogP contribution is 2.37. The first-order valence-corrected chi connectivity index (χ1v) is 6.97. The smallest absolute Gasteiger partial charge is 0.0198 e. The molecule has 0 aromatic rings. The Labute approximate surface area is 99.8 Å². The summed E-state index contributed by atoms with van der Waals surface area (Å²) in [6.45, 7) is 7.66. The molecule has 3 N–H and O–H groups in total. The number of nitrogens with one attached hydrogen (secondary N) is 1. The second-order valence-electron chi connectivity index (χ2n) is 5.58. The number of nitrogens with two attached hydrogens (primary N) is 1. The molecule has 2 fully saturated rings. The summed E-state index contributed by atoms with van der Waals surface area (Å²) >= 11 is 0. The van der Waals surface area contributed by atoms with E-state index < -0.39 is 0 Å². The Balaban J connectivity index is 1.81. The zero-order valence-electron chi connectivity index (χ0n) is 10.6. The standard InChI is InChI=1S/C13H27N3/c1-2-15-13-8-12(7-11-3-4-11)9-16(10-13)6-5-14/h11-13,15H,2-10,14H2,1H3. The van der Waals surface area contributed by atoms with Crippen LogP contribution in [0.1, 0.15) is 32.6 Å². The molecule has 2 unspecified atom stereocenters. The summed E-state index contributed by atoms with van der Waals surface area (Å²) in [6.07, 6.45) is 5.81. The molecular formula is C13H27N3. The predicted octanol–water partition coefficient (Wildman–Crippen LogP) is 1.05. The molecule has 1 aliphatic carbocycles. The first-order valence-electron chi connectivity index (χ1n) is 6.97. The molecule has 0 bridgehead atoms. The van der Waals surface area contributed by atoms with Crippen LogP contribution in [0.15, 0.2) is 0 Å². The fourth-order valence-electron chi connectivity index (χ4n) is 3.10. The Bertz CT molecular complexity index is 189. The molecule has 0 amide bonds. The average Bonchev–Trinajstić information content (AvgIpc) is 3.02. The molecular weight excluding hydrogens is 198 g/mol. The fourth-order valence-corrected chi connectivity index (χ4v) is 3.10. The lowest BCUT2D eigenvalue weighted by atomic mass is 9.89. The third kappa shape index (κ3) is 3.72. The van der Waals surface area contributed by atoms with Crippen LogP contribution in [0.5, 0.6) is 0 Å². The minimum Gasteiger partial charge on any atom is -0.329 e. The van der Waals surface area contributed by atoms with Crippen molar-refractivity contribution in [1.82, 2.24) is 10.2 Å². The van der Waals surface area contributed by atoms with E-state index in [0.29, 0.717) is 6.04 Å². The molecule has 0 aromatic heterocycles. The Morgan fingerprint density at radius 1 is 1.25 bits per heavy atom. The summed E-state index contributed by atoms with van der Waals surface area (Å²) in [5.41, 5.74) is 5.68. The van der Waals surface area contributed by atoms with E-state index in [1.165, 1.54) is 38.8 Å². The molecule has 0 aromatic carbocycles. The minimum atomic E-state index is 0.703. The topological polar surface area (TPSA) is 41.3 Å². The molecule has 3 nitrogen and oxygen atoms in total. The summed E-state index contributed by atoms with van der Waals surface area (Å²) in [5, 5.41) is 3.61. The van der Waals surface area contributed by atoms with E-state index in [4.69, 9.17) is 5.73 Å². The van der Waals surface area contributed by atoms with Crippen molar-refractivity contribution < 1.29 is 0 Å². The molecule has 94 valence electrons. The average molecular weight is 225 g/mol. The number of piperidine rings is 1. The summed E-state index contributed by atoms with van der Waals surface area (Å²) in [5.74, 6) is 1.97. The van der Waals surface area contributed by atoms with Gasteiger partial charge in [-0.15, -0.1) is 0 Å². The zero-order valence-corrected chi connectivity index (χ0v) is 10.6. The normalized spacial score (nSPS) is 31.9. The van der Waals surface area contributed by atoms with Crippen molar-refractivity contribution in [2.75, 3.05) is 32.7 Å². The maximum absolute atomic E-state index is 5.68. The van der Waals surface area contributed by atoms with Gasteiger partial charge in [-0.05, 0) is 31.2 Å². The van der Waals surface area contributed by atoms with Crippen molar-refractivity contribution in [1.29, 1.82) is 0 Å². The van der Waals surface area contributed by atoms with Crippen LogP contribution in [0.4, 0.5) is 0 Å². The Morgan fingerprint density at radius 2 is 2.06 bits per heavy atom. The second-order valence-corrected chi connectivity index (χ2v) is 5.58. The van der Waals surface area contributed by atoms with Gasteiger partial charge in [-0.1, -0.05) is 19.8 Å². The molecule has 0 spiro atoms. The number of likely N-dealkylation sites (tertiary alicyclic amines) is 1. The number of likely N-dealkylation sites (N-methyl/N-ethyl adjacent to an activating group) is 1. The lowest BCUT2D eigenvalue weighted by Gasteiger charge is -2.38. The first kappa shape index (κ1) is 12.3. The van der Waals surface area contributed by atoms with Gasteiger partial charge in [0.05, 0.1) is 0 Å². The van der Waals surface area contributed by atoms with Crippen LogP contribution in [-0.4, -0.2) is 43.7 Å². The van der Waals surface area contributed by atoms with Crippen molar-refractivity contribution in [2.24, 2.45) is 17.6 Å². The Morgan fingerprint density at radius 3 is 2.69 bits per heavy atom. The van der Waals surface area contributed by atoms with Crippen LogP contribution in [-0.2, 0) is 0 Å². The van der Waals surface area contributed by atoms with Crippen LogP contribution in [0.2, 0.25) is 0 Å².